The van der Waals surface area contributed by atoms with E-state index >= 15 is 0 Å². The molecule has 0 spiro atoms. The number of Topliss-reactive ketones (excluding diaryl/α,β-unsaturated/α-hetero) is 1. The van der Waals surface area contributed by atoms with E-state index in [1.807, 2.05) is 0 Å². The lowest BCUT2D eigenvalue weighted by Gasteiger charge is -2.38. The third-order valence-corrected chi connectivity index (χ3v) is 3.41. The van der Waals surface area contributed by atoms with Gasteiger partial charge in [-0.3, -0.25) is 4.79 Å². The van der Waals surface area contributed by atoms with Gasteiger partial charge >= 0.3 is 5.97 Å². The van der Waals surface area contributed by atoms with Crippen LogP contribution in [0.15, 0.2) is 11.8 Å². The Balaban J connectivity index is 2.96. The smallest absolute Gasteiger partial charge is 0.370 e. The van der Waals surface area contributed by atoms with Gasteiger partial charge in [-0.1, -0.05) is 0 Å². The number of ketones is 1. The Kier molecular flexibility index (Phi) is 6.67. The van der Waals surface area contributed by atoms with Gasteiger partial charge in [0.15, 0.2) is 6.10 Å². The first kappa shape index (κ1) is 19.1. The van der Waals surface area contributed by atoms with E-state index in [0.29, 0.717) is 0 Å². The zero-order valence-corrected chi connectivity index (χ0v) is 12.8. The largest absolute Gasteiger partial charge is 0.478 e. The summed E-state index contributed by atoms with van der Waals surface area (Å²) < 4.78 is 5.11. The number of aliphatic carboxylic acids is 1. The number of hydrogen-bond acceptors (Lipinski definition) is 7. The third kappa shape index (κ3) is 5.31. The lowest BCUT2D eigenvalue weighted by molar-refractivity contribution is -0.148. The molecule has 0 aliphatic carbocycles. The van der Waals surface area contributed by atoms with Crippen LogP contribution in [0.2, 0.25) is 0 Å². The Hall–Kier alpha value is -1.97. The highest BCUT2D eigenvalue weighted by Gasteiger charge is 2.42. The van der Waals surface area contributed by atoms with Gasteiger partial charge in [0.25, 0.3) is 0 Å². The van der Waals surface area contributed by atoms with Crippen LogP contribution in [0.5, 0.6) is 0 Å². The van der Waals surface area contributed by atoms with Gasteiger partial charge in [0, 0.05) is 13.3 Å². The maximum Gasteiger partial charge on any atom is 0.370 e. The summed E-state index contributed by atoms with van der Waals surface area (Å²) in [6.45, 7) is 2.50. The van der Waals surface area contributed by atoms with Crippen molar-refractivity contribution in [1.29, 1.82) is 0 Å². The summed E-state index contributed by atoms with van der Waals surface area (Å²) in [5.41, 5.74) is 0. The van der Waals surface area contributed by atoms with E-state index in [1.54, 1.807) is 0 Å². The predicted molar refractivity (Wildman–Crippen MR) is 76.1 cm³/mol. The van der Waals surface area contributed by atoms with E-state index in [0.717, 1.165) is 6.08 Å². The average Bonchev–Trinajstić information content (AvgIpc) is 2.45. The van der Waals surface area contributed by atoms with E-state index in [1.165, 1.54) is 13.8 Å². The van der Waals surface area contributed by atoms with E-state index < -0.39 is 48.1 Å². The standard InChI is InChI=1S/C14H21NO8/c1-6(16)3-4-8(18)12(20)13-11(15-7(2)17)9(19)5-10(23-13)14(21)22/h5,8-9,11-13,18-20H,3-4H2,1-2H3,(H,15,17)(H,21,22)/t8-,9-,11-,12-,13?/m1/s1. The van der Waals surface area contributed by atoms with Crippen molar-refractivity contribution in [3.8, 4) is 0 Å². The van der Waals surface area contributed by atoms with Crippen molar-refractivity contribution in [3.63, 3.8) is 0 Å². The summed E-state index contributed by atoms with van der Waals surface area (Å²) in [7, 11) is 0. The second-order valence-electron chi connectivity index (χ2n) is 5.43. The Bertz CT molecular complexity index is 503. The number of nitrogens with one attached hydrogen (secondary N) is 1. The highest BCUT2D eigenvalue weighted by Crippen LogP contribution is 2.24. The number of carbonyl (C=O) groups excluding carboxylic acids is 2. The molecule has 1 amide bonds. The van der Waals surface area contributed by atoms with Crippen molar-refractivity contribution < 1.29 is 39.5 Å². The lowest BCUT2D eigenvalue weighted by Crippen LogP contribution is -2.59. The second kappa shape index (κ2) is 8.04. The second-order valence-corrected chi connectivity index (χ2v) is 5.43. The molecule has 0 saturated carbocycles. The number of carboxylic acid groups (broad SMARTS) is 1. The SMILES string of the molecule is CC(=O)CC[C@@H](O)[C@@H](O)C1OC(C(=O)O)=C[C@@H](O)[C@H]1NC(C)=O. The number of aliphatic hydroxyl groups is 3. The summed E-state index contributed by atoms with van der Waals surface area (Å²) in [4.78, 5) is 33.2. The van der Waals surface area contributed by atoms with Crippen molar-refractivity contribution >= 4 is 17.7 Å². The topological polar surface area (TPSA) is 153 Å². The zero-order valence-electron chi connectivity index (χ0n) is 12.8. The highest BCUT2D eigenvalue weighted by molar-refractivity contribution is 5.84. The van der Waals surface area contributed by atoms with E-state index in [9.17, 15) is 29.7 Å². The monoisotopic (exact) mass is 331 g/mol. The number of carboxylic acids is 1. The zero-order chi connectivity index (χ0) is 17.7. The molecule has 1 aliphatic rings. The van der Waals surface area contributed by atoms with Crippen molar-refractivity contribution in [3.05, 3.63) is 11.8 Å². The normalized spacial score (nSPS) is 26.5. The van der Waals surface area contributed by atoms with Crippen molar-refractivity contribution in [2.75, 3.05) is 0 Å². The van der Waals surface area contributed by atoms with Gasteiger partial charge in [-0.25, -0.2) is 4.79 Å². The average molecular weight is 331 g/mol. The van der Waals surface area contributed by atoms with Gasteiger partial charge in [0.1, 0.15) is 18.0 Å². The molecule has 130 valence electrons. The lowest BCUT2D eigenvalue weighted by atomic mass is 9.92. The number of amides is 1. The molecule has 1 aliphatic heterocycles. The minimum Gasteiger partial charge on any atom is -0.478 e. The first-order valence-electron chi connectivity index (χ1n) is 7.06. The number of rotatable bonds is 7. The molecule has 0 aromatic heterocycles. The first-order valence-corrected chi connectivity index (χ1v) is 7.06. The molecule has 9 nitrogen and oxygen atoms in total. The van der Waals surface area contributed by atoms with Crippen molar-refractivity contribution in [2.45, 2.75) is 57.1 Å². The number of carbonyl (C=O) groups is 3. The highest BCUT2D eigenvalue weighted by atomic mass is 16.5. The maximum absolute atomic E-state index is 11.2. The predicted octanol–water partition coefficient (Wildman–Crippen LogP) is -1.69. The van der Waals surface area contributed by atoms with E-state index in [4.69, 9.17) is 9.84 Å². The van der Waals surface area contributed by atoms with Crippen LogP contribution >= 0.6 is 0 Å². The fourth-order valence-corrected chi connectivity index (χ4v) is 2.26. The van der Waals surface area contributed by atoms with Crippen LogP contribution in [0.1, 0.15) is 26.7 Å². The molecular formula is C14H21NO8. The van der Waals surface area contributed by atoms with Crippen LogP contribution in [0.4, 0.5) is 0 Å². The van der Waals surface area contributed by atoms with Gasteiger partial charge in [-0.15, -0.1) is 0 Å². The minimum absolute atomic E-state index is 0.0138. The molecule has 23 heavy (non-hydrogen) atoms. The fourth-order valence-electron chi connectivity index (χ4n) is 2.26. The molecule has 5 N–H and O–H groups in total. The molecule has 0 aromatic rings. The fraction of sp³-hybridized carbons (Fsp3) is 0.643. The minimum atomic E-state index is -1.61. The maximum atomic E-state index is 11.2. The molecule has 5 atom stereocenters. The first-order chi connectivity index (χ1) is 10.6. The Morgan fingerprint density at radius 3 is 2.39 bits per heavy atom. The molecule has 0 bridgehead atoms. The molecular weight excluding hydrogens is 310 g/mol. The number of aliphatic hydroxyl groups excluding tert-OH is 3. The molecule has 1 heterocycles. The quantitative estimate of drug-likeness (QED) is 0.370. The number of hydrogen-bond donors (Lipinski definition) is 5. The van der Waals surface area contributed by atoms with Crippen molar-refractivity contribution in [1.82, 2.24) is 5.32 Å². The van der Waals surface area contributed by atoms with Gasteiger partial charge in [-0.05, 0) is 19.4 Å². The molecule has 0 fully saturated rings. The summed E-state index contributed by atoms with van der Waals surface area (Å²) in [6, 6.07) is -1.14. The van der Waals surface area contributed by atoms with Crippen LogP contribution in [0, 0.1) is 0 Å². The molecule has 1 unspecified atom stereocenters. The van der Waals surface area contributed by atoms with Crippen molar-refractivity contribution in [2.24, 2.45) is 0 Å². The summed E-state index contributed by atoms with van der Waals surface area (Å²) in [5.74, 6) is -2.77. The van der Waals surface area contributed by atoms with Gasteiger partial charge in [0.2, 0.25) is 11.7 Å². The van der Waals surface area contributed by atoms with Crippen LogP contribution in [0.25, 0.3) is 0 Å². The number of ether oxygens (including phenoxy) is 1. The van der Waals surface area contributed by atoms with Crippen LogP contribution in [-0.4, -0.2) is 68.5 Å². The Labute approximate surface area is 132 Å². The summed E-state index contributed by atoms with van der Waals surface area (Å²) in [5, 5.41) is 41.4. The van der Waals surface area contributed by atoms with Crippen LogP contribution < -0.4 is 5.32 Å². The molecule has 0 aromatic carbocycles. The summed E-state index contributed by atoms with van der Waals surface area (Å²) in [6.07, 6.45) is -4.95. The molecule has 0 saturated heterocycles. The van der Waals surface area contributed by atoms with Gasteiger partial charge in [0.05, 0.1) is 12.1 Å². The van der Waals surface area contributed by atoms with E-state index in [2.05, 4.69) is 5.32 Å². The van der Waals surface area contributed by atoms with E-state index in [-0.39, 0.29) is 18.6 Å². The molecule has 1 rings (SSSR count). The Morgan fingerprint density at radius 2 is 1.91 bits per heavy atom. The molecule has 9 heteroatoms. The van der Waals surface area contributed by atoms with Crippen LogP contribution in [0.3, 0.4) is 0 Å². The van der Waals surface area contributed by atoms with Crippen LogP contribution in [-0.2, 0) is 19.1 Å². The third-order valence-electron chi connectivity index (χ3n) is 3.41. The van der Waals surface area contributed by atoms with Gasteiger partial charge < -0.3 is 35.3 Å². The Morgan fingerprint density at radius 1 is 1.30 bits per heavy atom. The summed E-state index contributed by atoms with van der Waals surface area (Å²) >= 11 is 0. The van der Waals surface area contributed by atoms with Gasteiger partial charge in [-0.2, -0.15) is 0 Å². The molecule has 0 radical (unpaired) electrons.